The first-order valence-corrected chi connectivity index (χ1v) is 8.73. The number of H-pyrrole nitrogens is 1. The lowest BCUT2D eigenvalue weighted by Crippen LogP contribution is -2.86. The van der Waals surface area contributed by atoms with Gasteiger partial charge in [0.15, 0.2) is 0 Å². The van der Waals surface area contributed by atoms with E-state index in [0.717, 1.165) is 0 Å². The Balaban J connectivity index is 1.66. The van der Waals surface area contributed by atoms with E-state index in [0.29, 0.717) is 12.1 Å². The van der Waals surface area contributed by atoms with Gasteiger partial charge in [0.2, 0.25) is 0 Å². The Hall–Kier alpha value is -2.06. The molecular formula is C21H25N2+. The average molecular weight is 305 g/mol. The second kappa shape index (κ2) is 5.86. The average Bonchev–Trinajstić information content (AvgIpc) is 2.95. The summed E-state index contributed by atoms with van der Waals surface area (Å²) in [7, 11) is 0. The summed E-state index contributed by atoms with van der Waals surface area (Å²) in [5.74, 6) is 0. The molecule has 118 valence electrons. The molecule has 0 radical (unpaired) electrons. The zero-order chi connectivity index (χ0) is 15.8. The molecule has 0 bridgehead atoms. The van der Waals surface area contributed by atoms with Gasteiger partial charge < -0.3 is 10.3 Å². The topological polar surface area (TPSA) is 32.4 Å². The third kappa shape index (κ3) is 2.68. The highest BCUT2D eigenvalue weighted by molar-refractivity contribution is 5.85. The molecular weight excluding hydrogens is 280 g/mol. The number of aryl methyl sites for hydroxylation is 2. The molecule has 2 atom stereocenters. The van der Waals surface area contributed by atoms with Gasteiger partial charge in [-0.25, -0.2) is 0 Å². The van der Waals surface area contributed by atoms with Crippen LogP contribution in [-0.2, 0) is 6.42 Å². The number of aromatic nitrogens is 1. The molecule has 3 aromatic rings. The first kappa shape index (κ1) is 14.5. The van der Waals surface area contributed by atoms with Crippen molar-refractivity contribution in [3.63, 3.8) is 0 Å². The number of rotatable bonds is 3. The van der Waals surface area contributed by atoms with Crippen LogP contribution in [0.5, 0.6) is 0 Å². The Kier molecular flexibility index (Phi) is 3.70. The van der Waals surface area contributed by atoms with Crippen LogP contribution in [0.4, 0.5) is 0 Å². The third-order valence-electron chi connectivity index (χ3n) is 5.25. The van der Waals surface area contributed by atoms with Crippen LogP contribution in [0.3, 0.4) is 0 Å². The van der Waals surface area contributed by atoms with Gasteiger partial charge in [0.25, 0.3) is 0 Å². The Bertz CT molecular complexity index is 816. The lowest BCUT2D eigenvalue weighted by molar-refractivity contribution is -0.733. The zero-order valence-electron chi connectivity index (χ0n) is 14.0. The minimum atomic E-state index is 0.486. The Morgan fingerprint density at radius 1 is 1.13 bits per heavy atom. The number of benzene rings is 2. The van der Waals surface area contributed by atoms with Crippen LogP contribution in [0.1, 0.15) is 54.2 Å². The molecule has 0 unspecified atom stereocenters. The van der Waals surface area contributed by atoms with E-state index in [1.165, 1.54) is 47.0 Å². The highest BCUT2D eigenvalue weighted by atomic mass is 15.0. The fourth-order valence-corrected chi connectivity index (χ4v) is 4.02. The fraction of sp³-hybridized carbons (Fsp3) is 0.333. The van der Waals surface area contributed by atoms with E-state index in [4.69, 9.17) is 0 Å². The minimum Gasteiger partial charge on any atom is -0.353 e. The Morgan fingerprint density at radius 2 is 1.96 bits per heavy atom. The molecule has 2 aromatic carbocycles. The summed E-state index contributed by atoms with van der Waals surface area (Å²) in [6.07, 6.45) is 3.76. The SMILES string of the molecule is Cc1ccc2[nH]c3c(c2c1)CCC[C@H]3[NH2+][C@H](C)c1ccccc1. The van der Waals surface area contributed by atoms with Gasteiger partial charge in [-0.05, 0) is 44.4 Å². The molecule has 0 fully saturated rings. The summed E-state index contributed by atoms with van der Waals surface area (Å²) in [5, 5.41) is 3.97. The highest BCUT2D eigenvalue weighted by Gasteiger charge is 2.28. The molecule has 1 aliphatic rings. The van der Waals surface area contributed by atoms with Gasteiger partial charge in [-0.1, -0.05) is 42.0 Å². The van der Waals surface area contributed by atoms with Crippen LogP contribution < -0.4 is 5.32 Å². The number of quaternary nitrogens is 1. The molecule has 2 heteroatoms. The summed E-state index contributed by atoms with van der Waals surface area (Å²) in [4.78, 5) is 3.72. The van der Waals surface area contributed by atoms with E-state index in [9.17, 15) is 0 Å². The van der Waals surface area contributed by atoms with Crippen molar-refractivity contribution in [2.45, 2.75) is 45.2 Å². The first-order chi connectivity index (χ1) is 11.2. The van der Waals surface area contributed by atoms with Gasteiger partial charge in [-0.3, -0.25) is 0 Å². The normalized spacial score (nSPS) is 18.8. The summed E-state index contributed by atoms with van der Waals surface area (Å²) in [6, 6.07) is 18.6. The van der Waals surface area contributed by atoms with Crippen molar-refractivity contribution in [3.05, 3.63) is 70.9 Å². The molecule has 0 amide bonds. The second-order valence-corrected chi connectivity index (χ2v) is 6.96. The van der Waals surface area contributed by atoms with Crippen LogP contribution >= 0.6 is 0 Å². The maximum atomic E-state index is 3.72. The van der Waals surface area contributed by atoms with Crippen molar-refractivity contribution in [1.29, 1.82) is 0 Å². The smallest absolute Gasteiger partial charge is 0.127 e. The van der Waals surface area contributed by atoms with Crippen molar-refractivity contribution in [2.24, 2.45) is 0 Å². The number of aromatic amines is 1. The van der Waals surface area contributed by atoms with Gasteiger partial charge in [-0.2, -0.15) is 0 Å². The van der Waals surface area contributed by atoms with Crippen molar-refractivity contribution < 1.29 is 5.32 Å². The fourth-order valence-electron chi connectivity index (χ4n) is 4.02. The number of hydrogen-bond donors (Lipinski definition) is 2. The molecule has 0 spiro atoms. The van der Waals surface area contributed by atoms with Crippen LogP contribution in [0.25, 0.3) is 10.9 Å². The number of nitrogens with two attached hydrogens (primary N) is 1. The highest BCUT2D eigenvalue weighted by Crippen LogP contribution is 2.33. The van der Waals surface area contributed by atoms with E-state index in [2.05, 4.69) is 72.7 Å². The van der Waals surface area contributed by atoms with Crippen molar-refractivity contribution in [2.75, 3.05) is 0 Å². The molecule has 0 aliphatic heterocycles. The maximum Gasteiger partial charge on any atom is 0.127 e. The third-order valence-corrected chi connectivity index (χ3v) is 5.25. The summed E-state index contributed by atoms with van der Waals surface area (Å²) in [5.41, 5.74) is 7.07. The predicted molar refractivity (Wildman–Crippen MR) is 95.5 cm³/mol. The predicted octanol–water partition coefficient (Wildman–Crippen LogP) is 4.18. The Morgan fingerprint density at radius 3 is 2.78 bits per heavy atom. The molecule has 1 heterocycles. The van der Waals surface area contributed by atoms with Gasteiger partial charge in [0.1, 0.15) is 12.1 Å². The van der Waals surface area contributed by atoms with Crippen molar-refractivity contribution in [3.8, 4) is 0 Å². The van der Waals surface area contributed by atoms with E-state index in [1.54, 1.807) is 5.56 Å². The van der Waals surface area contributed by atoms with E-state index >= 15 is 0 Å². The van der Waals surface area contributed by atoms with Gasteiger partial charge >= 0.3 is 0 Å². The van der Waals surface area contributed by atoms with Gasteiger partial charge in [0.05, 0.1) is 5.69 Å². The minimum absolute atomic E-state index is 0.486. The quantitative estimate of drug-likeness (QED) is 0.728. The monoisotopic (exact) mass is 305 g/mol. The molecule has 3 N–H and O–H groups in total. The molecule has 2 nitrogen and oxygen atoms in total. The largest absolute Gasteiger partial charge is 0.353 e. The Labute approximate surface area is 137 Å². The lowest BCUT2D eigenvalue weighted by Gasteiger charge is -2.24. The molecule has 0 saturated heterocycles. The molecule has 1 aliphatic carbocycles. The first-order valence-electron chi connectivity index (χ1n) is 8.73. The van der Waals surface area contributed by atoms with Gasteiger partial charge in [0, 0.05) is 22.9 Å². The van der Waals surface area contributed by atoms with Crippen LogP contribution in [0, 0.1) is 6.92 Å². The van der Waals surface area contributed by atoms with Gasteiger partial charge in [-0.15, -0.1) is 0 Å². The number of fused-ring (bicyclic) bond motifs is 3. The summed E-state index contributed by atoms with van der Waals surface area (Å²) < 4.78 is 0. The second-order valence-electron chi connectivity index (χ2n) is 6.96. The number of hydrogen-bond acceptors (Lipinski definition) is 0. The van der Waals surface area contributed by atoms with E-state index in [1.807, 2.05) is 0 Å². The lowest BCUT2D eigenvalue weighted by atomic mass is 9.90. The van der Waals surface area contributed by atoms with Crippen molar-refractivity contribution in [1.82, 2.24) is 4.98 Å². The van der Waals surface area contributed by atoms with E-state index < -0.39 is 0 Å². The van der Waals surface area contributed by atoms with Crippen molar-refractivity contribution >= 4 is 10.9 Å². The summed E-state index contributed by atoms with van der Waals surface area (Å²) >= 11 is 0. The van der Waals surface area contributed by atoms with Crippen LogP contribution in [-0.4, -0.2) is 4.98 Å². The summed E-state index contributed by atoms with van der Waals surface area (Å²) in [6.45, 7) is 4.50. The standard InChI is InChI=1S/C21H24N2/c1-14-11-12-19-18(13-14)17-9-6-10-20(21(17)23-19)22-15(2)16-7-4-3-5-8-16/h3-5,7-8,11-13,15,20,22-23H,6,9-10H2,1-2H3/p+1/t15-,20-/m1/s1. The molecule has 4 rings (SSSR count). The van der Waals surface area contributed by atoms with E-state index in [-0.39, 0.29) is 0 Å². The zero-order valence-corrected chi connectivity index (χ0v) is 14.0. The molecule has 23 heavy (non-hydrogen) atoms. The number of nitrogens with one attached hydrogen (secondary N) is 1. The maximum absolute atomic E-state index is 3.72. The van der Waals surface area contributed by atoms with Crippen LogP contribution in [0.2, 0.25) is 0 Å². The molecule has 0 saturated carbocycles. The van der Waals surface area contributed by atoms with Crippen LogP contribution in [0.15, 0.2) is 48.5 Å². The molecule has 1 aromatic heterocycles.